The van der Waals surface area contributed by atoms with Gasteiger partial charge in [0.25, 0.3) is 0 Å². The Balaban J connectivity index is 2.03. The summed E-state index contributed by atoms with van der Waals surface area (Å²) in [6.45, 7) is 2.01. The van der Waals surface area contributed by atoms with Gasteiger partial charge in [0, 0.05) is 37.5 Å². The minimum Gasteiger partial charge on any atom is -0.493 e. The summed E-state index contributed by atoms with van der Waals surface area (Å²) in [6.07, 6.45) is 3.51. The molecule has 0 aliphatic carbocycles. The Morgan fingerprint density at radius 2 is 2.26 bits per heavy atom. The number of aliphatic hydroxyl groups excluding tert-OH is 1. The Bertz CT molecular complexity index is 552. The van der Waals surface area contributed by atoms with Crippen LogP contribution in [0.3, 0.4) is 0 Å². The van der Waals surface area contributed by atoms with E-state index in [0.717, 1.165) is 5.82 Å². The molecule has 0 bridgehead atoms. The van der Waals surface area contributed by atoms with Crippen LogP contribution in [-0.2, 0) is 13.5 Å². The van der Waals surface area contributed by atoms with E-state index in [1.165, 1.54) is 18.2 Å². The highest BCUT2D eigenvalue weighted by molar-refractivity contribution is 5.35. The number of halogens is 1. The first-order valence-corrected chi connectivity index (χ1v) is 6.14. The van der Waals surface area contributed by atoms with Crippen molar-refractivity contribution in [2.24, 2.45) is 7.05 Å². The number of rotatable bonds is 5. The van der Waals surface area contributed by atoms with Gasteiger partial charge in [0.1, 0.15) is 17.4 Å². The van der Waals surface area contributed by atoms with Crippen molar-refractivity contribution >= 4 is 0 Å². The second kappa shape index (κ2) is 5.84. The number of benzene rings is 1. The van der Waals surface area contributed by atoms with E-state index < -0.39 is 6.10 Å². The molecule has 0 aliphatic heterocycles. The van der Waals surface area contributed by atoms with Gasteiger partial charge in [0.05, 0.1) is 12.7 Å². The Kier molecular flexibility index (Phi) is 4.16. The zero-order valence-electron chi connectivity index (χ0n) is 11.0. The number of nitrogens with zero attached hydrogens (tertiary/aromatic N) is 2. The van der Waals surface area contributed by atoms with E-state index in [1.807, 2.05) is 17.8 Å². The van der Waals surface area contributed by atoms with Crippen LogP contribution in [0, 0.1) is 5.82 Å². The summed E-state index contributed by atoms with van der Waals surface area (Å²) >= 11 is 0. The van der Waals surface area contributed by atoms with Gasteiger partial charge in [-0.05, 0) is 19.1 Å². The van der Waals surface area contributed by atoms with Crippen LogP contribution in [0.2, 0.25) is 0 Å². The highest BCUT2D eigenvalue weighted by atomic mass is 19.1. The molecule has 0 saturated carbocycles. The molecule has 102 valence electrons. The van der Waals surface area contributed by atoms with Crippen molar-refractivity contribution in [2.75, 3.05) is 6.61 Å². The third-order valence-electron chi connectivity index (χ3n) is 2.93. The highest BCUT2D eigenvalue weighted by Crippen LogP contribution is 2.26. The minimum absolute atomic E-state index is 0.378. The van der Waals surface area contributed by atoms with Gasteiger partial charge in [0.2, 0.25) is 0 Å². The van der Waals surface area contributed by atoms with E-state index in [2.05, 4.69) is 4.98 Å². The van der Waals surface area contributed by atoms with Crippen LogP contribution in [0.5, 0.6) is 5.75 Å². The third kappa shape index (κ3) is 3.32. The van der Waals surface area contributed by atoms with E-state index in [4.69, 9.17) is 4.74 Å². The average Bonchev–Trinajstić information content (AvgIpc) is 2.75. The number of hydrogen-bond donors (Lipinski definition) is 1. The Labute approximate surface area is 111 Å². The van der Waals surface area contributed by atoms with Gasteiger partial charge in [-0.1, -0.05) is 0 Å². The van der Waals surface area contributed by atoms with Crippen LogP contribution in [0.4, 0.5) is 4.39 Å². The van der Waals surface area contributed by atoms with Crippen LogP contribution in [0.15, 0.2) is 30.6 Å². The fourth-order valence-electron chi connectivity index (χ4n) is 1.87. The Morgan fingerprint density at radius 1 is 1.47 bits per heavy atom. The van der Waals surface area contributed by atoms with E-state index >= 15 is 0 Å². The van der Waals surface area contributed by atoms with E-state index in [9.17, 15) is 9.50 Å². The molecular formula is C14H17FN2O2. The Morgan fingerprint density at radius 3 is 2.89 bits per heavy atom. The normalized spacial score (nSPS) is 12.4. The molecule has 0 saturated heterocycles. The van der Waals surface area contributed by atoms with Gasteiger partial charge in [0.15, 0.2) is 0 Å². The maximum atomic E-state index is 13.2. The van der Waals surface area contributed by atoms with Crippen molar-refractivity contribution in [2.45, 2.75) is 19.4 Å². The monoisotopic (exact) mass is 264 g/mol. The first-order chi connectivity index (χ1) is 9.08. The number of aliphatic hydroxyl groups is 1. The van der Waals surface area contributed by atoms with E-state index in [1.54, 1.807) is 13.1 Å². The Hall–Kier alpha value is -1.88. The fraction of sp³-hybridized carbons (Fsp3) is 0.357. The lowest BCUT2D eigenvalue weighted by Gasteiger charge is -2.13. The van der Waals surface area contributed by atoms with Crippen molar-refractivity contribution in [3.8, 4) is 5.75 Å². The lowest BCUT2D eigenvalue weighted by atomic mass is 10.1. The lowest BCUT2D eigenvalue weighted by Crippen LogP contribution is -2.08. The highest BCUT2D eigenvalue weighted by Gasteiger charge is 2.10. The number of ether oxygens (including phenoxy) is 1. The third-order valence-corrected chi connectivity index (χ3v) is 2.93. The largest absolute Gasteiger partial charge is 0.493 e. The molecule has 1 heterocycles. The molecule has 0 spiro atoms. The molecule has 2 rings (SSSR count). The van der Waals surface area contributed by atoms with Gasteiger partial charge < -0.3 is 14.4 Å². The molecule has 1 N–H and O–H groups in total. The predicted octanol–water partition coefficient (Wildman–Crippen LogP) is 2.23. The van der Waals surface area contributed by atoms with Crippen LogP contribution in [0.1, 0.15) is 24.4 Å². The standard InChI is InChI=1S/C14H17FN2O2/c1-10(18)12-4-3-11(15)9-13(12)19-8-5-14-16-6-7-17(14)2/h3-4,6-7,9-10,18H,5,8H2,1-2H3/t10-/m0/s1. The summed E-state index contributed by atoms with van der Waals surface area (Å²) < 4.78 is 20.7. The summed E-state index contributed by atoms with van der Waals surface area (Å²) in [5.41, 5.74) is 0.584. The van der Waals surface area contributed by atoms with E-state index in [0.29, 0.717) is 24.3 Å². The molecule has 1 aromatic heterocycles. The van der Waals surface area contributed by atoms with E-state index in [-0.39, 0.29) is 5.82 Å². The van der Waals surface area contributed by atoms with Gasteiger partial charge in [-0.3, -0.25) is 0 Å². The molecule has 0 fully saturated rings. The van der Waals surface area contributed by atoms with Gasteiger partial charge >= 0.3 is 0 Å². The minimum atomic E-state index is -0.691. The number of aryl methyl sites for hydroxylation is 1. The van der Waals surface area contributed by atoms with Crippen molar-refractivity contribution in [3.05, 3.63) is 47.8 Å². The van der Waals surface area contributed by atoms with Gasteiger partial charge in [-0.25, -0.2) is 9.37 Å². The molecule has 4 nitrogen and oxygen atoms in total. The molecule has 0 unspecified atom stereocenters. The first kappa shape index (κ1) is 13.5. The summed E-state index contributed by atoms with van der Waals surface area (Å²) in [6, 6.07) is 4.14. The average molecular weight is 264 g/mol. The second-order valence-electron chi connectivity index (χ2n) is 4.41. The van der Waals surface area contributed by atoms with Gasteiger partial charge in [-0.15, -0.1) is 0 Å². The molecule has 1 aromatic carbocycles. The maximum Gasteiger partial charge on any atom is 0.128 e. The zero-order chi connectivity index (χ0) is 13.8. The molecule has 19 heavy (non-hydrogen) atoms. The molecular weight excluding hydrogens is 247 g/mol. The molecule has 2 aromatic rings. The predicted molar refractivity (Wildman–Crippen MR) is 69.4 cm³/mol. The first-order valence-electron chi connectivity index (χ1n) is 6.14. The van der Waals surface area contributed by atoms with Crippen molar-refractivity contribution in [1.82, 2.24) is 9.55 Å². The van der Waals surface area contributed by atoms with Crippen molar-refractivity contribution in [3.63, 3.8) is 0 Å². The molecule has 0 aliphatic rings. The molecule has 0 amide bonds. The lowest BCUT2D eigenvalue weighted by molar-refractivity contribution is 0.191. The van der Waals surface area contributed by atoms with Crippen LogP contribution in [0.25, 0.3) is 0 Å². The summed E-state index contributed by atoms with van der Waals surface area (Å²) in [5, 5.41) is 9.60. The zero-order valence-corrected chi connectivity index (χ0v) is 11.0. The molecule has 0 radical (unpaired) electrons. The topological polar surface area (TPSA) is 47.3 Å². The van der Waals surface area contributed by atoms with Crippen LogP contribution < -0.4 is 4.74 Å². The van der Waals surface area contributed by atoms with Crippen LogP contribution in [-0.4, -0.2) is 21.3 Å². The molecule has 1 atom stereocenters. The second-order valence-corrected chi connectivity index (χ2v) is 4.41. The number of imidazole rings is 1. The maximum absolute atomic E-state index is 13.2. The summed E-state index contributed by atoms with van der Waals surface area (Å²) in [5.74, 6) is 0.899. The van der Waals surface area contributed by atoms with Gasteiger partial charge in [-0.2, -0.15) is 0 Å². The number of hydrogen-bond acceptors (Lipinski definition) is 3. The van der Waals surface area contributed by atoms with Crippen LogP contribution >= 0.6 is 0 Å². The summed E-state index contributed by atoms with van der Waals surface area (Å²) in [4.78, 5) is 4.18. The van der Waals surface area contributed by atoms with Crippen molar-refractivity contribution in [1.29, 1.82) is 0 Å². The summed E-state index contributed by atoms with van der Waals surface area (Å²) in [7, 11) is 1.91. The fourth-order valence-corrected chi connectivity index (χ4v) is 1.87. The number of aromatic nitrogens is 2. The smallest absolute Gasteiger partial charge is 0.128 e. The van der Waals surface area contributed by atoms with Crippen molar-refractivity contribution < 1.29 is 14.2 Å². The SMILES string of the molecule is C[C@H](O)c1ccc(F)cc1OCCc1nccn1C. The molecule has 5 heteroatoms. The quantitative estimate of drug-likeness (QED) is 0.901.